The topological polar surface area (TPSA) is 67.9 Å². The van der Waals surface area contributed by atoms with E-state index in [2.05, 4.69) is 21.2 Å². The van der Waals surface area contributed by atoms with Gasteiger partial charge in [0.15, 0.2) is 11.5 Å². The van der Waals surface area contributed by atoms with E-state index in [4.69, 9.17) is 9.47 Å². The lowest BCUT2D eigenvalue weighted by Gasteiger charge is -2.17. The molecule has 1 heterocycles. The van der Waals surface area contributed by atoms with Crippen molar-refractivity contribution in [1.29, 1.82) is 0 Å². The number of ether oxygens (including phenoxy) is 2. The number of imide groups is 1. The Balaban J connectivity index is 1.85. The summed E-state index contributed by atoms with van der Waals surface area (Å²) < 4.78 is 12.1. The van der Waals surface area contributed by atoms with Crippen LogP contribution in [0.3, 0.4) is 0 Å². The number of amides is 3. The summed E-state index contributed by atoms with van der Waals surface area (Å²) in [5.41, 5.74) is 2.90. The maximum absolute atomic E-state index is 12.8. The minimum atomic E-state index is -0.435. The molecule has 0 aromatic heterocycles. The van der Waals surface area contributed by atoms with Crippen LogP contribution in [0, 0.1) is 6.92 Å². The highest BCUT2D eigenvalue weighted by molar-refractivity contribution is 9.10. The largest absolute Gasteiger partial charge is 0.493 e. The number of hydrogen-bond acceptors (Lipinski definition) is 4. The molecule has 0 saturated carbocycles. The van der Waals surface area contributed by atoms with Crippen LogP contribution in [0.2, 0.25) is 0 Å². The molecule has 158 valence electrons. The zero-order chi connectivity index (χ0) is 21.8. The van der Waals surface area contributed by atoms with E-state index in [0.717, 1.165) is 17.5 Å². The molecule has 7 heteroatoms. The lowest BCUT2D eigenvalue weighted by Crippen LogP contribution is -2.30. The fourth-order valence-electron chi connectivity index (χ4n) is 3.10. The minimum absolute atomic E-state index is 0.0327. The van der Waals surface area contributed by atoms with Gasteiger partial charge in [-0.1, -0.05) is 36.8 Å². The van der Waals surface area contributed by atoms with Crippen LogP contribution in [0.25, 0.3) is 6.08 Å². The second-order valence-corrected chi connectivity index (χ2v) is 8.09. The normalized spacial score (nSPS) is 16.0. The predicted octanol–water partition coefficient (Wildman–Crippen LogP) is 5.04. The van der Waals surface area contributed by atoms with Gasteiger partial charge in [0.1, 0.15) is 5.70 Å². The van der Waals surface area contributed by atoms with Gasteiger partial charge in [0.25, 0.3) is 5.91 Å². The Morgan fingerprint density at radius 3 is 2.67 bits per heavy atom. The van der Waals surface area contributed by atoms with Crippen molar-refractivity contribution >= 4 is 33.9 Å². The molecule has 1 aliphatic rings. The maximum Gasteiger partial charge on any atom is 0.329 e. The maximum atomic E-state index is 12.8. The van der Waals surface area contributed by atoms with Gasteiger partial charge in [-0.3, -0.25) is 9.69 Å². The van der Waals surface area contributed by atoms with E-state index in [9.17, 15) is 9.59 Å². The molecule has 30 heavy (non-hydrogen) atoms. The molecule has 0 radical (unpaired) electrons. The number of rotatable bonds is 7. The third-order valence-corrected chi connectivity index (χ3v) is 5.43. The Kier molecular flexibility index (Phi) is 6.82. The van der Waals surface area contributed by atoms with E-state index in [-0.39, 0.29) is 24.3 Å². The smallest absolute Gasteiger partial charge is 0.329 e. The van der Waals surface area contributed by atoms with Gasteiger partial charge in [-0.2, -0.15) is 0 Å². The first-order chi connectivity index (χ1) is 14.3. The standard InChI is InChI=1S/C23H25BrN2O4/c1-5-15(3)30-21-18(24)10-17(12-20(21)29-4)11-19-22(27)26(23(28)25-19)13-16-8-6-7-14(2)9-16/h6-12,15H,5,13H2,1-4H3,(H,25,28)/b19-11+/t15-/m0/s1. The van der Waals surface area contributed by atoms with Crippen molar-refractivity contribution < 1.29 is 19.1 Å². The Hall–Kier alpha value is -2.80. The molecule has 2 aromatic carbocycles. The molecular formula is C23H25BrN2O4. The van der Waals surface area contributed by atoms with E-state index < -0.39 is 6.03 Å². The third-order valence-electron chi connectivity index (χ3n) is 4.84. The van der Waals surface area contributed by atoms with Crippen LogP contribution in [0.4, 0.5) is 4.79 Å². The van der Waals surface area contributed by atoms with Crippen LogP contribution >= 0.6 is 15.9 Å². The Labute approximate surface area is 185 Å². The molecule has 1 aliphatic heterocycles. The van der Waals surface area contributed by atoms with Crippen molar-refractivity contribution in [3.8, 4) is 11.5 Å². The highest BCUT2D eigenvalue weighted by atomic mass is 79.9. The number of methoxy groups -OCH3 is 1. The van der Waals surface area contributed by atoms with Crippen LogP contribution < -0.4 is 14.8 Å². The summed E-state index contributed by atoms with van der Waals surface area (Å²) in [6.07, 6.45) is 2.53. The molecule has 2 aromatic rings. The van der Waals surface area contributed by atoms with Gasteiger partial charge >= 0.3 is 6.03 Å². The first-order valence-electron chi connectivity index (χ1n) is 9.76. The quantitative estimate of drug-likeness (QED) is 0.452. The van der Waals surface area contributed by atoms with Crippen molar-refractivity contribution in [1.82, 2.24) is 10.2 Å². The van der Waals surface area contributed by atoms with Crippen LogP contribution in [0.5, 0.6) is 11.5 Å². The van der Waals surface area contributed by atoms with E-state index in [1.165, 1.54) is 4.90 Å². The average molecular weight is 473 g/mol. The number of carbonyl (C=O) groups is 2. The predicted molar refractivity (Wildman–Crippen MR) is 119 cm³/mol. The second-order valence-electron chi connectivity index (χ2n) is 7.24. The summed E-state index contributed by atoms with van der Waals surface area (Å²) in [6, 6.07) is 10.9. The summed E-state index contributed by atoms with van der Waals surface area (Å²) in [6.45, 7) is 6.22. The number of nitrogens with zero attached hydrogens (tertiary/aromatic N) is 1. The molecule has 0 aliphatic carbocycles. The monoisotopic (exact) mass is 472 g/mol. The van der Waals surface area contributed by atoms with Crippen LogP contribution in [0.1, 0.15) is 37.0 Å². The van der Waals surface area contributed by atoms with Gasteiger partial charge in [-0.05, 0) is 65.5 Å². The highest BCUT2D eigenvalue weighted by Gasteiger charge is 2.33. The zero-order valence-corrected chi connectivity index (χ0v) is 19.1. The fourth-order valence-corrected chi connectivity index (χ4v) is 3.65. The number of halogens is 1. The summed E-state index contributed by atoms with van der Waals surface area (Å²) in [4.78, 5) is 26.4. The molecule has 1 saturated heterocycles. The molecular weight excluding hydrogens is 448 g/mol. The van der Waals surface area contributed by atoms with Crippen molar-refractivity contribution in [2.24, 2.45) is 0 Å². The van der Waals surface area contributed by atoms with E-state index in [0.29, 0.717) is 21.5 Å². The Bertz CT molecular complexity index is 1000. The lowest BCUT2D eigenvalue weighted by molar-refractivity contribution is -0.123. The zero-order valence-electron chi connectivity index (χ0n) is 17.5. The highest BCUT2D eigenvalue weighted by Crippen LogP contribution is 2.38. The second kappa shape index (κ2) is 9.34. The molecule has 0 bridgehead atoms. The Morgan fingerprint density at radius 2 is 2.00 bits per heavy atom. The summed E-state index contributed by atoms with van der Waals surface area (Å²) in [7, 11) is 1.56. The van der Waals surface area contributed by atoms with Crippen molar-refractivity contribution in [2.45, 2.75) is 39.8 Å². The number of aryl methyl sites for hydroxylation is 1. The molecule has 0 spiro atoms. The number of hydrogen-bond donors (Lipinski definition) is 1. The van der Waals surface area contributed by atoms with Gasteiger partial charge in [-0.25, -0.2) is 4.79 Å². The molecule has 3 amide bonds. The molecule has 1 atom stereocenters. The summed E-state index contributed by atoms with van der Waals surface area (Å²) >= 11 is 3.52. The number of benzene rings is 2. The number of nitrogens with one attached hydrogen (secondary N) is 1. The van der Waals surface area contributed by atoms with Crippen molar-refractivity contribution in [3.63, 3.8) is 0 Å². The van der Waals surface area contributed by atoms with E-state index >= 15 is 0 Å². The average Bonchev–Trinajstić information content (AvgIpc) is 2.97. The molecule has 1 fully saturated rings. The lowest BCUT2D eigenvalue weighted by atomic mass is 10.1. The SMILES string of the molecule is CC[C@H](C)Oc1c(Br)cc(/C=C2/NC(=O)N(Cc3cccc(C)c3)C2=O)cc1OC. The van der Waals surface area contributed by atoms with Gasteiger partial charge in [0.05, 0.1) is 24.2 Å². The van der Waals surface area contributed by atoms with Crippen LogP contribution in [-0.2, 0) is 11.3 Å². The summed E-state index contributed by atoms with van der Waals surface area (Å²) in [5, 5.41) is 2.66. The van der Waals surface area contributed by atoms with Crippen molar-refractivity contribution in [3.05, 3.63) is 63.3 Å². The summed E-state index contributed by atoms with van der Waals surface area (Å²) in [5.74, 6) is 0.790. The van der Waals surface area contributed by atoms with E-state index in [1.807, 2.05) is 51.1 Å². The van der Waals surface area contributed by atoms with Gasteiger partial charge < -0.3 is 14.8 Å². The molecule has 6 nitrogen and oxygen atoms in total. The van der Waals surface area contributed by atoms with Gasteiger partial charge in [0, 0.05) is 0 Å². The minimum Gasteiger partial charge on any atom is -0.493 e. The van der Waals surface area contributed by atoms with Crippen LogP contribution in [0.15, 0.2) is 46.6 Å². The number of urea groups is 1. The van der Waals surface area contributed by atoms with Crippen LogP contribution in [-0.4, -0.2) is 30.1 Å². The Morgan fingerprint density at radius 1 is 1.23 bits per heavy atom. The van der Waals surface area contributed by atoms with Gasteiger partial charge in [0.2, 0.25) is 0 Å². The third kappa shape index (κ3) is 4.84. The fraction of sp³-hybridized carbons (Fsp3) is 0.304. The van der Waals surface area contributed by atoms with Crippen molar-refractivity contribution in [2.75, 3.05) is 7.11 Å². The molecule has 3 rings (SSSR count). The van der Waals surface area contributed by atoms with Gasteiger partial charge in [-0.15, -0.1) is 0 Å². The number of carbonyl (C=O) groups excluding carboxylic acids is 2. The van der Waals surface area contributed by atoms with E-state index in [1.54, 1.807) is 19.3 Å². The first kappa shape index (κ1) is 21.9. The molecule has 0 unspecified atom stereocenters. The first-order valence-corrected chi connectivity index (χ1v) is 10.6. The molecule has 1 N–H and O–H groups in total.